The van der Waals surface area contributed by atoms with Crippen molar-refractivity contribution < 1.29 is 23.8 Å². The summed E-state index contributed by atoms with van der Waals surface area (Å²) in [6.45, 7) is 6.41. The van der Waals surface area contributed by atoms with E-state index in [2.05, 4.69) is 10.6 Å². The number of nitriles is 1. The van der Waals surface area contributed by atoms with Crippen molar-refractivity contribution in [2.75, 3.05) is 56.6 Å². The summed E-state index contributed by atoms with van der Waals surface area (Å²) in [5.74, 6) is -1.42. The second kappa shape index (κ2) is 13.0. The molecule has 2 heterocycles. The number of aliphatic hydroxyl groups excluding tert-OH is 1. The van der Waals surface area contributed by atoms with E-state index in [1.807, 2.05) is 11.0 Å². The molecule has 37 heavy (non-hydrogen) atoms. The fourth-order valence-corrected chi connectivity index (χ4v) is 4.82. The number of urea groups is 1. The molecule has 3 N–H and O–H groups in total. The molecule has 1 aliphatic heterocycles. The number of hydrogen-bond donors (Lipinski definition) is 3. The number of amides is 2. The number of piperazine rings is 1. The summed E-state index contributed by atoms with van der Waals surface area (Å²) in [6, 6.07) is 5.43. The van der Waals surface area contributed by atoms with E-state index in [0.717, 1.165) is 11.3 Å². The van der Waals surface area contributed by atoms with Crippen LogP contribution < -0.4 is 25.4 Å². The van der Waals surface area contributed by atoms with Crippen LogP contribution in [0.5, 0.6) is 0 Å². The van der Waals surface area contributed by atoms with Gasteiger partial charge in [-0.3, -0.25) is 14.3 Å². The number of halogens is 1. The molecule has 1 fully saturated rings. The van der Waals surface area contributed by atoms with Gasteiger partial charge in [-0.05, 0) is 32.0 Å². The van der Waals surface area contributed by atoms with Gasteiger partial charge in [-0.1, -0.05) is 0 Å². The molecule has 0 aliphatic carbocycles. The quantitative estimate of drug-likeness (QED) is 0.413. The van der Waals surface area contributed by atoms with Crippen molar-refractivity contribution in [3.63, 3.8) is 0 Å². The Morgan fingerprint density at radius 2 is 2.00 bits per heavy atom. The third-order valence-electron chi connectivity index (χ3n) is 5.68. The molecule has 2 amide bonds. The Kier molecular flexibility index (Phi) is 9.78. The average molecular weight is 533 g/mol. The highest BCUT2D eigenvalue weighted by molar-refractivity contribution is 7.07. The zero-order chi connectivity index (χ0) is 26.9. The van der Waals surface area contributed by atoms with Gasteiger partial charge in [0.05, 0.1) is 18.9 Å². The number of hydrogen-bond acceptors (Lipinski definition) is 9. The number of nitrogens with zero attached hydrogens (tertiary/aromatic N) is 4. The number of benzene rings is 1. The summed E-state index contributed by atoms with van der Waals surface area (Å²) in [7, 11) is 0. The molecule has 0 unspecified atom stereocenters. The SMILES string of the molecule is CCOC(=O)C(C#N)=c1sc(=CNc2ccc(F)c(NC(=O)N3CCN(CCO)CC3)c2)c(=O)n1CC. The van der Waals surface area contributed by atoms with E-state index in [0.29, 0.717) is 38.4 Å². The standard InChI is InChI=1S/C24H29FN6O5S/c1-3-31-21(33)20(37-22(31)17(14-26)23(34)36-4-2)15-27-16-5-6-18(25)19(13-16)28-24(35)30-9-7-29(8-10-30)11-12-32/h5-6,13,15,27,32H,3-4,7-12H2,1-2H3,(H,28,35). The van der Waals surface area contributed by atoms with Crippen molar-refractivity contribution in [3.05, 3.63) is 43.6 Å². The number of esters is 1. The largest absolute Gasteiger partial charge is 0.462 e. The van der Waals surface area contributed by atoms with Crippen molar-refractivity contribution in [3.8, 4) is 6.07 Å². The Bertz CT molecular complexity index is 1360. The number of β-amino-alcohol motifs (C(OH)–C–C–N with tert-alkyl or cyclic N) is 1. The first-order valence-corrected chi connectivity index (χ1v) is 12.6. The molecule has 0 radical (unpaired) electrons. The smallest absolute Gasteiger partial charge is 0.351 e. The number of aromatic nitrogens is 1. The minimum Gasteiger partial charge on any atom is -0.462 e. The molecule has 1 saturated heterocycles. The van der Waals surface area contributed by atoms with Crippen LogP contribution in [-0.2, 0) is 16.1 Å². The third kappa shape index (κ3) is 6.73. The number of carbonyl (C=O) groups is 2. The van der Waals surface area contributed by atoms with Gasteiger partial charge in [0.25, 0.3) is 5.56 Å². The van der Waals surface area contributed by atoms with Crippen molar-refractivity contribution in [2.45, 2.75) is 20.4 Å². The lowest BCUT2D eigenvalue weighted by molar-refractivity contribution is -0.136. The maximum Gasteiger partial charge on any atom is 0.351 e. The maximum atomic E-state index is 14.4. The molecule has 2 aromatic rings. The summed E-state index contributed by atoms with van der Waals surface area (Å²) in [5, 5.41) is 24.0. The zero-order valence-electron chi connectivity index (χ0n) is 20.6. The van der Waals surface area contributed by atoms with Gasteiger partial charge < -0.3 is 25.4 Å². The van der Waals surface area contributed by atoms with Crippen molar-refractivity contribution in [1.29, 1.82) is 5.26 Å². The molecule has 1 aromatic heterocycles. The molecular weight excluding hydrogens is 503 g/mol. The van der Waals surface area contributed by atoms with Crippen LogP contribution in [0.4, 0.5) is 20.6 Å². The van der Waals surface area contributed by atoms with Crippen LogP contribution in [0.1, 0.15) is 13.8 Å². The first-order valence-electron chi connectivity index (χ1n) is 11.8. The lowest BCUT2D eigenvalue weighted by Gasteiger charge is -2.34. The summed E-state index contributed by atoms with van der Waals surface area (Å²) >= 11 is 0.959. The van der Waals surface area contributed by atoms with Gasteiger partial charge in [-0.2, -0.15) is 5.26 Å². The van der Waals surface area contributed by atoms with Crippen LogP contribution in [0.15, 0.2) is 23.0 Å². The summed E-state index contributed by atoms with van der Waals surface area (Å²) in [4.78, 5) is 41.2. The normalized spacial score (nSPS) is 15.2. The van der Waals surface area contributed by atoms with E-state index >= 15 is 0 Å². The number of aliphatic hydroxyl groups is 1. The van der Waals surface area contributed by atoms with E-state index < -0.39 is 23.4 Å². The van der Waals surface area contributed by atoms with E-state index in [9.17, 15) is 24.0 Å². The van der Waals surface area contributed by atoms with E-state index in [4.69, 9.17) is 9.84 Å². The van der Waals surface area contributed by atoms with Crippen LogP contribution in [-0.4, -0.2) is 77.4 Å². The maximum absolute atomic E-state index is 14.4. The van der Waals surface area contributed by atoms with Crippen LogP contribution in [0.25, 0.3) is 11.8 Å². The van der Waals surface area contributed by atoms with Gasteiger partial charge in [0, 0.05) is 51.2 Å². The Morgan fingerprint density at radius 1 is 1.27 bits per heavy atom. The van der Waals surface area contributed by atoms with Gasteiger partial charge in [0.15, 0.2) is 5.57 Å². The molecule has 0 bridgehead atoms. The lowest BCUT2D eigenvalue weighted by Crippen LogP contribution is -2.50. The summed E-state index contributed by atoms with van der Waals surface area (Å²) in [6.07, 6.45) is 1.40. The Morgan fingerprint density at radius 3 is 2.62 bits per heavy atom. The van der Waals surface area contributed by atoms with Crippen LogP contribution in [0.2, 0.25) is 0 Å². The number of nitrogens with one attached hydrogen (secondary N) is 2. The highest BCUT2D eigenvalue weighted by Gasteiger charge is 2.21. The molecule has 1 aromatic carbocycles. The van der Waals surface area contributed by atoms with Gasteiger partial charge in [-0.25, -0.2) is 14.0 Å². The molecule has 11 nitrogen and oxygen atoms in total. The number of anilines is 2. The minimum atomic E-state index is -0.804. The van der Waals surface area contributed by atoms with Crippen LogP contribution >= 0.6 is 11.3 Å². The summed E-state index contributed by atoms with van der Waals surface area (Å²) < 4.78 is 21.1. The van der Waals surface area contributed by atoms with Crippen molar-refractivity contribution >= 4 is 46.5 Å². The number of carbonyl (C=O) groups excluding carboxylic acids is 2. The molecule has 13 heteroatoms. The fraction of sp³-hybridized carbons (Fsp3) is 0.417. The molecule has 198 valence electrons. The Balaban J connectivity index is 1.81. The predicted octanol–water partition coefficient (Wildman–Crippen LogP) is 0.298. The number of ether oxygens (including phenoxy) is 1. The third-order valence-corrected chi connectivity index (χ3v) is 6.81. The van der Waals surface area contributed by atoms with Crippen LogP contribution in [0, 0.1) is 17.1 Å². The Hall–Kier alpha value is -3.73. The second-order valence-corrected chi connectivity index (χ2v) is 9.02. The minimum absolute atomic E-state index is 0.0264. The van der Waals surface area contributed by atoms with Gasteiger partial charge in [0.2, 0.25) is 0 Å². The number of rotatable bonds is 8. The monoisotopic (exact) mass is 532 g/mol. The van der Waals surface area contributed by atoms with E-state index in [1.54, 1.807) is 18.7 Å². The van der Waals surface area contributed by atoms with E-state index in [-0.39, 0.29) is 40.2 Å². The highest BCUT2D eigenvalue weighted by atomic mass is 32.1. The average Bonchev–Trinajstić information content (AvgIpc) is 3.20. The predicted molar refractivity (Wildman–Crippen MR) is 138 cm³/mol. The van der Waals surface area contributed by atoms with Gasteiger partial charge >= 0.3 is 12.0 Å². The molecule has 0 saturated carbocycles. The highest BCUT2D eigenvalue weighted by Crippen LogP contribution is 2.20. The van der Waals surface area contributed by atoms with Gasteiger partial charge in [-0.15, -0.1) is 11.3 Å². The molecular formula is C24H29FN6O5S. The molecule has 0 atom stereocenters. The zero-order valence-corrected chi connectivity index (χ0v) is 21.4. The Labute approximate surface area is 216 Å². The van der Waals surface area contributed by atoms with E-state index in [1.165, 1.54) is 29.0 Å². The summed E-state index contributed by atoms with van der Waals surface area (Å²) in [5.41, 5.74) is -0.268. The fourth-order valence-electron chi connectivity index (χ4n) is 3.75. The first kappa shape index (κ1) is 27.9. The molecule has 0 spiro atoms. The molecule has 3 rings (SSSR count). The molecule has 1 aliphatic rings. The lowest BCUT2D eigenvalue weighted by atomic mass is 10.2. The number of thiazole rings is 1. The van der Waals surface area contributed by atoms with Crippen molar-refractivity contribution in [1.82, 2.24) is 14.4 Å². The second-order valence-electron chi connectivity index (χ2n) is 7.99. The van der Waals surface area contributed by atoms with Crippen molar-refractivity contribution in [2.24, 2.45) is 0 Å². The van der Waals surface area contributed by atoms with Crippen LogP contribution in [0.3, 0.4) is 0 Å². The topological polar surface area (TPSA) is 140 Å². The first-order chi connectivity index (χ1) is 17.8. The van der Waals surface area contributed by atoms with Gasteiger partial charge in [0.1, 0.15) is 21.1 Å².